The highest BCUT2D eigenvalue weighted by Gasteiger charge is 2.28. The molecule has 17 heavy (non-hydrogen) atoms. The van der Waals surface area contributed by atoms with Crippen LogP contribution >= 0.6 is 12.6 Å². The molecule has 1 rings (SSSR count). The molecule has 1 saturated heterocycles. The smallest absolute Gasteiger partial charge is 0.246 e. The van der Waals surface area contributed by atoms with Gasteiger partial charge in [0.05, 0.1) is 19.3 Å². The lowest BCUT2D eigenvalue weighted by molar-refractivity contribution is -0.143. The number of aliphatic hydroxyl groups is 1. The lowest BCUT2D eigenvalue weighted by atomic mass is 10.2. The summed E-state index contributed by atoms with van der Waals surface area (Å²) in [7, 11) is 0. The molecule has 2 N–H and O–H groups in total. The van der Waals surface area contributed by atoms with E-state index in [1.807, 2.05) is 0 Å². The fourth-order valence-corrected chi connectivity index (χ4v) is 1.93. The van der Waals surface area contributed by atoms with Gasteiger partial charge < -0.3 is 20.1 Å². The summed E-state index contributed by atoms with van der Waals surface area (Å²) in [5.41, 5.74) is 0. The lowest BCUT2D eigenvalue weighted by Crippen LogP contribution is -2.54. The topological polar surface area (TPSA) is 78.9 Å². The molecule has 2 unspecified atom stereocenters. The molecule has 2 atom stereocenters. The number of nitrogens with one attached hydrogen (secondary N) is 1. The first kappa shape index (κ1) is 14.3. The van der Waals surface area contributed by atoms with Crippen molar-refractivity contribution < 1.29 is 19.4 Å². The number of rotatable bonds is 4. The van der Waals surface area contributed by atoms with Crippen molar-refractivity contribution >= 4 is 24.4 Å². The van der Waals surface area contributed by atoms with Gasteiger partial charge in [-0.2, -0.15) is 12.6 Å². The highest BCUT2D eigenvalue weighted by atomic mass is 32.1. The van der Waals surface area contributed by atoms with Crippen molar-refractivity contribution in [2.45, 2.75) is 19.1 Å². The van der Waals surface area contributed by atoms with Crippen LogP contribution in [0.1, 0.15) is 6.92 Å². The number of nitrogens with zero attached hydrogens (tertiary/aromatic N) is 1. The molecule has 6 nitrogen and oxygen atoms in total. The summed E-state index contributed by atoms with van der Waals surface area (Å²) in [5.74, 6) is -0.194. The maximum atomic E-state index is 12.1. The maximum absolute atomic E-state index is 12.1. The highest BCUT2D eigenvalue weighted by molar-refractivity contribution is 7.80. The number of thiol groups is 1. The van der Waals surface area contributed by atoms with Crippen LogP contribution in [0.15, 0.2) is 0 Å². The van der Waals surface area contributed by atoms with E-state index in [0.717, 1.165) is 0 Å². The molecule has 1 aliphatic heterocycles. The second-order valence-corrected chi connectivity index (χ2v) is 4.26. The molecule has 1 fully saturated rings. The first-order valence-electron chi connectivity index (χ1n) is 5.47. The van der Waals surface area contributed by atoms with Gasteiger partial charge in [0.1, 0.15) is 6.04 Å². The van der Waals surface area contributed by atoms with E-state index in [9.17, 15) is 9.59 Å². The number of morpholine rings is 1. The summed E-state index contributed by atoms with van der Waals surface area (Å²) in [5, 5.41) is 11.5. The average molecular weight is 262 g/mol. The van der Waals surface area contributed by atoms with Gasteiger partial charge in [-0.1, -0.05) is 0 Å². The van der Waals surface area contributed by atoms with E-state index in [2.05, 4.69) is 17.9 Å². The minimum Gasteiger partial charge on any atom is -0.394 e. The van der Waals surface area contributed by atoms with Crippen LogP contribution in [-0.4, -0.2) is 66.0 Å². The molecule has 0 aromatic heterocycles. The number of hydrogen-bond donors (Lipinski definition) is 3. The Labute approximate surface area is 106 Å². The first-order chi connectivity index (χ1) is 8.08. The second-order valence-electron chi connectivity index (χ2n) is 3.90. The van der Waals surface area contributed by atoms with Gasteiger partial charge in [0, 0.05) is 25.8 Å². The molecule has 0 aliphatic carbocycles. The number of carbonyl (C=O) groups is 2. The van der Waals surface area contributed by atoms with Crippen molar-refractivity contribution in [3.8, 4) is 0 Å². The molecule has 0 aromatic rings. The fraction of sp³-hybridized carbons (Fsp3) is 0.800. The Morgan fingerprint density at radius 2 is 2.35 bits per heavy atom. The van der Waals surface area contributed by atoms with Crippen molar-refractivity contribution in [3.05, 3.63) is 0 Å². The summed E-state index contributed by atoms with van der Waals surface area (Å²) in [6.45, 7) is 2.46. The van der Waals surface area contributed by atoms with Crippen LogP contribution in [-0.2, 0) is 14.3 Å². The first-order valence-corrected chi connectivity index (χ1v) is 6.11. The number of aliphatic hydroxyl groups excluding tert-OH is 1. The van der Waals surface area contributed by atoms with Crippen LogP contribution in [0, 0.1) is 0 Å². The standard InChI is InChI=1S/C10H18N2O4S/c1-7(14)11-9(6-17)10(15)12-2-3-16-8(4-12)5-13/h8-9,13,17H,2-6H2,1H3,(H,11,14). The summed E-state index contributed by atoms with van der Waals surface area (Å²) in [6.07, 6.45) is -0.342. The summed E-state index contributed by atoms with van der Waals surface area (Å²) >= 11 is 4.05. The third kappa shape index (κ3) is 4.18. The van der Waals surface area contributed by atoms with E-state index in [0.29, 0.717) is 19.7 Å². The molecule has 7 heteroatoms. The van der Waals surface area contributed by atoms with Crippen molar-refractivity contribution in [2.24, 2.45) is 0 Å². The quantitative estimate of drug-likeness (QED) is 0.547. The Morgan fingerprint density at radius 1 is 1.65 bits per heavy atom. The second kappa shape index (κ2) is 6.83. The Morgan fingerprint density at radius 3 is 2.88 bits per heavy atom. The van der Waals surface area contributed by atoms with Crippen LogP contribution < -0.4 is 5.32 Å². The minimum absolute atomic E-state index is 0.116. The highest BCUT2D eigenvalue weighted by Crippen LogP contribution is 2.07. The van der Waals surface area contributed by atoms with Gasteiger partial charge in [-0.15, -0.1) is 0 Å². The Hall–Kier alpha value is -0.790. The van der Waals surface area contributed by atoms with Gasteiger partial charge in [-0.05, 0) is 0 Å². The van der Waals surface area contributed by atoms with E-state index in [1.54, 1.807) is 4.90 Å². The molecule has 0 bridgehead atoms. The summed E-state index contributed by atoms with van der Waals surface area (Å²) in [6, 6.07) is -0.617. The van der Waals surface area contributed by atoms with Crippen LogP contribution in [0.25, 0.3) is 0 Å². The monoisotopic (exact) mass is 262 g/mol. The van der Waals surface area contributed by atoms with Crippen molar-refractivity contribution in [1.82, 2.24) is 10.2 Å². The zero-order valence-electron chi connectivity index (χ0n) is 9.76. The number of hydrogen-bond acceptors (Lipinski definition) is 5. The zero-order chi connectivity index (χ0) is 12.8. The van der Waals surface area contributed by atoms with E-state index in [1.165, 1.54) is 6.92 Å². The van der Waals surface area contributed by atoms with Crippen molar-refractivity contribution in [1.29, 1.82) is 0 Å². The molecule has 0 spiro atoms. The van der Waals surface area contributed by atoms with Gasteiger partial charge in [0.25, 0.3) is 0 Å². The average Bonchev–Trinajstić information content (AvgIpc) is 2.35. The van der Waals surface area contributed by atoms with E-state index in [-0.39, 0.29) is 30.3 Å². The van der Waals surface area contributed by atoms with Crippen molar-refractivity contribution in [3.63, 3.8) is 0 Å². The van der Waals surface area contributed by atoms with Gasteiger partial charge >= 0.3 is 0 Å². The van der Waals surface area contributed by atoms with Gasteiger partial charge in [-0.25, -0.2) is 0 Å². The number of ether oxygens (including phenoxy) is 1. The van der Waals surface area contributed by atoms with E-state index in [4.69, 9.17) is 9.84 Å². The van der Waals surface area contributed by atoms with E-state index < -0.39 is 6.04 Å². The fourth-order valence-electron chi connectivity index (χ4n) is 1.68. The van der Waals surface area contributed by atoms with Crippen LogP contribution in [0.3, 0.4) is 0 Å². The third-order valence-electron chi connectivity index (χ3n) is 2.51. The largest absolute Gasteiger partial charge is 0.394 e. The molecule has 2 amide bonds. The predicted molar refractivity (Wildman–Crippen MR) is 64.9 cm³/mol. The van der Waals surface area contributed by atoms with Crippen LogP contribution in [0.4, 0.5) is 0 Å². The molecule has 0 radical (unpaired) electrons. The molecular formula is C10H18N2O4S. The summed E-state index contributed by atoms with van der Waals surface area (Å²) in [4.78, 5) is 24.6. The minimum atomic E-state index is -0.617. The molecule has 0 aromatic carbocycles. The lowest BCUT2D eigenvalue weighted by Gasteiger charge is -2.34. The normalized spacial score (nSPS) is 22.1. The molecular weight excluding hydrogens is 244 g/mol. The van der Waals surface area contributed by atoms with Gasteiger partial charge in [-0.3, -0.25) is 9.59 Å². The Bertz CT molecular complexity index is 287. The predicted octanol–water partition coefficient (Wildman–Crippen LogP) is -1.36. The van der Waals surface area contributed by atoms with E-state index >= 15 is 0 Å². The maximum Gasteiger partial charge on any atom is 0.246 e. The molecule has 98 valence electrons. The molecule has 1 heterocycles. The third-order valence-corrected chi connectivity index (χ3v) is 2.88. The van der Waals surface area contributed by atoms with Gasteiger partial charge in [0.2, 0.25) is 11.8 Å². The molecule has 0 saturated carbocycles. The van der Waals surface area contributed by atoms with Crippen molar-refractivity contribution in [2.75, 3.05) is 32.1 Å². The summed E-state index contributed by atoms with van der Waals surface area (Å²) < 4.78 is 5.25. The zero-order valence-corrected chi connectivity index (χ0v) is 10.7. The SMILES string of the molecule is CC(=O)NC(CS)C(=O)N1CCOC(CO)C1. The number of carbonyl (C=O) groups excluding carboxylic acids is 2. The van der Waals surface area contributed by atoms with Gasteiger partial charge in [0.15, 0.2) is 0 Å². The Kier molecular flexibility index (Phi) is 5.73. The van der Waals surface area contributed by atoms with Crippen LogP contribution in [0.2, 0.25) is 0 Å². The van der Waals surface area contributed by atoms with Crippen LogP contribution in [0.5, 0.6) is 0 Å². The molecule has 1 aliphatic rings. The number of amides is 2. The Balaban J connectivity index is 2.57.